The summed E-state index contributed by atoms with van der Waals surface area (Å²) in [6, 6.07) is 4.60. The van der Waals surface area contributed by atoms with Crippen molar-refractivity contribution in [3.05, 3.63) is 27.3 Å². The normalized spacial score (nSPS) is 11.6. The first kappa shape index (κ1) is 15.1. The van der Waals surface area contributed by atoms with Gasteiger partial charge in [-0.3, -0.25) is 4.79 Å². The Bertz CT molecular complexity index is 423. The number of ketones is 1. The fraction of sp³-hybridized carbons (Fsp3) is 0.300. The van der Waals surface area contributed by atoms with E-state index in [0.717, 1.165) is 0 Å². The Morgan fingerprint density at radius 2 is 2.06 bits per heavy atom. The van der Waals surface area contributed by atoms with Gasteiger partial charge in [0.25, 0.3) is 0 Å². The van der Waals surface area contributed by atoms with Crippen LogP contribution < -0.4 is 0 Å². The first-order valence-electron chi connectivity index (χ1n) is 4.43. The van der Waals surface area contributed by atoms with Crippen molar-refractivity contribution in [2.75, 3.05) is 5.88 Å². The minimum Gasteiger partial charge on any atom is -0.298 e. The molecule has 0 bridgehead atoms. The molecule has 0 saturated carbocycles. The quantitative estimate of drug-likeness (QED) is 0.431. The van der Waals surface area contributed by atoms with Crippen LogP contribution in [0.5, 0.6) is 0 Å². The molecule has 0 atom stereocenters. The van der Waals surface area contributed by atoms with Crippen molar-refractivity contribution in [3.8, 4) is 0 Å². The van der Waals surface area contributed by atoms with Crippen LogP contribution >= 0.6 is 46.0 Å². The molecule has 0 fully saturated rings. The van der Waals surface area contributed by atoms with Gasteiger partial charge in [0.05, 0.1) is 5.88 Å². The number of halogens is 5. The molecule has 7 heteroatoms. The van der Waals surface area contributed by atoms with E-state index in [9.17, 15) is 18.0 Å². The van der Waals surface area contributed by atoms with Gasteiger partial charge in [0.2, 0.25) is 0 Å². The lowest BCUT2D eigenvalue weighted by Crippen LogP contribution is -2.07. The van der Waals surface area contributed by atoms with E-state index in [-0.39, 0.29) is 34.7 Å². The molecular weight excluding hydrogens is 388 g/mol. The van der Waals surface area contributed by atoms with Gasteiger partial charge in [0, 0.05) is 14.9 Å². The third-order valence-corrected chi connectivity index (χ3v) is 3.59. The van der Waals surface area contributed by atoms with Gasteiger partial charge in [0.1, 0.15) is 0 Å². The number of alkyl halides is 4. The molecule has 0 radical (unpaired) electrons. The molecule has 1 aromatic rings. The summed E-state index contributed by atoms with van der Waals surface area (Å²) in [7, 11) is 0. The smallest absolute Gasteiger partial charge is 0.298 e. The highest BCUT2D eigenvalue weighted by molar-refractivity contribution is 14.1. The Labute approximate surface area is 119 Å². The predicted octanol–water partition coefficient (Wildman–Crippen LogP) is 4.25. The maximum atomic E-state index is 12.3. The largest absolute Gasteiger partial charge is 0.446 e. The zero-order valence-electron chi connectivity index (χ0n) is 8.35. The predicted molar refractivity (Wildman–Crippen MR) is 70.5 cm³/mol. The molecule has 0 spiro atoms. The molecule has 1 aromatic carbocycles. The first-order valence-corrected chi connectivity index (χ1v) is 6.86. The second-order valence-electron chi connectivity index (χ2n) is 3.15. The Kier molecular flexibility index (Phi) is 5.59. The molecule has 1 nitrogen and oxygen atoms in total. The lowest BCUT2D eigenvalue weighted by atomic mass is 10.1. The van der Waals surface area contributed by atoms with Gasteiger partial charge in [-0.25, -0.2) is 0 Å². The van der Waals surface area contributed by atoms with Crippen LogP contribution in [0.3, 0.4) is 0 Å². The number of carbonyl (C=O) groups is 1. The van der Waals surface area contributed by atoms with Crippen LogP contribution in [0.4, 0.5) is 13.2 Å². The average Bonchev–Trinajstić information content (AvgIpc) is 2.19. The number of hydrogen-bond donors (Lipinski definition) is 0. The third kappa shape index (κ3) is 5.48. The van der Waals surface area contributed by atoms with Crippen LogP contribution in [0.1, 0.15) is 5.56 Å². The van der Waals surface area contributed by atoms with Crippen molar-refractivity contribution in [1.82, 2.24) is 0 Å². The Balaban J connectivity index is 2.99. The van der Waals surface area contributed by atoms with Crippen LogP contribution in [0.25, 0.3) is 0 Å². The molecule has 0 aliphatic heterocycles. The van der Waals surface area contributed by atoms with Gasteiger partial charge in [-0.2, -0.15) is 13.2 Å². The number of thioether (sulfide) groups is 1. The first-order chi connectivity index (χ1) is 7.81. The summed E-state index contributed by atoms with van der Waals surface area (Å²) in [6.07, 6.45) is -0.0706. The van der Waals surface area contributed by atoms with E-state index >= 15 is 0 Å². The molecule has 0 unspecified atom stereocenters. The number of rotatable bonds is 4. The summed E-state index contributed by atoms with van der Waals surface area (Å²) in [5, 5.41) is 0. The van der Waals surface area contributed by atoms with E-state index in [1.54, 1.807) is 6.07 Å². The zero-order valence-corrected chi connectivity index (χ0v) is 12.1. The molecule has 17 heavy (non-hydrogen) atoms. The lowest BCUT2D eigenvalue weighted by Gasteiger charge is -2.10. The molecule has 94 valence electrons. The molecule has 0 aliphatic rings. The fourth-order valence-corrected chi connectivity index (χ4v) is 2.66. The SMILES string of the molecule is O=C(CCl)Cc1ccc(I)cc1SC(F)(F)F. The molecule has 0 amide bonds. The van der Waals surface area contributed by atoms with Crippen LogP contribution in [0, 0.1) is 3.57 Å². The van der Waals surface area contributed by atoms with Gasteiger partial charge in [-0.05, 0) is 52.0 Å². The highest BCUT2D eigenvalue weighted by atomic mass is 127. The highest BCUT2D eigenvalue weighted by Gasteiger charge is 2.30. The van der Waals surface area contributed by atoms with E-state index < -0.39 is 5.51 Å². The minimum atomic E-state index is -4.36. The van der Waals surface area contributed by atoms with E-state index in [1.807, 2.05) is 22.6 Å². The van der Waals surface area contributed by atoms with Gasteiger partial charge >= 0.3 is 5.51 Å². The summed E-state index contributed by atoms with van der Waals surface area (Å²) < 4.78 is 37.7. The van der Waals surface area contributed by atoms with Crippen molar-refractivity contribution in [3.63, 3.8) is 0 Å². The van der Waals surface area contributed by atoms with E-state index in [1.165, 1.54) is 12.1 Å². The molecule has 1 rings (SSSR count). The van der Waals surface area contributed by atoms with Crippen LogP contribution in [-0.4, -0.2) is 17.2 Å². The van der Waals surface area contributed by atoms with Gasteiger partial charge < -0.3 is 0 Å². The summed E-state index contributed by atoms with van der Waals surface area (Å²) in [5.41, 5.74) is -4.00. The summed E-state index contributed by atoms with van der Waals surface area (Å²) in [6.45, 7) is 0. The van der Waals surface area contributed by atoms with Crippen LogP contribution in [0.15, 0.2) is 23.1 Å². The molecular formula is C10H7ClF3IOS. The van der Waals surface area contributed by atoms with Gasteiger partial charge in [-0.1, -0.05) is 6.07 Å². The third-order valence-electron chi connectivity index (χ3n) is 1.79. The highest BCUT2D eigenvalue weighted by Crippen LogP contribution is 2.39. The minimum absolute atomic E-state index is 0.0582. The average molecular weight is 395 g/mol. The van der Waals surface area contributed by atoms with E-state index in [2.05, 4.69) is 0 Å². The second-order valence-corrected chi connectivity index (χ2v) is 5.77. The van der Waals surface area contributed by atoms with Crippen molar-refractivity contribution >= 4 is 51.7 Å². The molecule has 0 aliphatic carbocycles. The standard InChI is InChI=1S/C10H7ClF3IOS/c11-5-8(16)3-6-1-2-7(15)4-9(6)17-10(12,13)14/h1-2,4H,3,5H2. The number of carbonyl (C=O) groups excluding carboxylic acids is 1. The zero-order chi connectivity index (χ0) is 13.1. The topological polar surface area (TPSA) is 17.1 Å². The van der Waals surface area contributed by atoms with Crippen LogP contribution in [-0.2, 0) is 11.2 Å². The second kappa shape index (κ2) is 6.29. The maximum Gasteiger partial charge on any atom is 0.446 e. The number of hydrogen-bond acceptors (Lipinski definition) is 2. The van der Waals surface area contributed by atoms with E-state index in [4.69, 9.17) is 11.6 Å². The molecule has 0 aromatic heterocycles. The van der Waals surface area contributed by atoms with Crippen molar-refractivity contribution < 1.29 is 18.0 Å². The van der Waals surface area contributed by atoms with Crippen molar-refractivity contribution in [2.45, 2.75) is 16.8 Å². The van der Waals surface area contributed by atoms with Gasteiger partial charge in [0.15, 0.2) is 5.78 Å². The monoisotopic (exact) mass is 394 g/mol. The molecule has 0 N–H and O–H groups in total. The fourth-order valence-electron chi connectivity index (χ4n) is 1.15. The molecule has 0 heterocycles. The number of Topliss-reactive ketones (excluding diaryl/α,β-unsaturated/α-hetero) is 1. The maximum absolute atomic E-state index is 12.3. The van der Waals surface area contributed by atoms with Crippen molar-refractivity contribution in [2.24, 2.45) is 0 Å². The Hall–Kier alpha value is 0.0500. The van der Waals surface area contributed by atoms with Gasteiger partial charge in [-0.15, -0.1) is 11.6 Å². The summed E-state index contributed by atoms with van der Waals surface area (Å²) in [4.78, 5) is 11.2. The summed E-state index contributed by atoms with van der Waals surface area (Å²) in [5.74, 6) is -0.487. The number of benzene rings is 1. The summed E-state index contributed by atoms with van der Waals surface area (Å²) >= 11 is 7.06. The van der Waals surface area contributed by atoms with Crippen molar-refractivity contribution in [1.29, 1.82) is 0 Å². The molecule has 0 saturated heterocycles. The lowest BCUT2D eigenvalue weighted by molar-refractivity contribution is -0.116. The Morgan fingerprint density at radius 3 is 2.59 bits per heavy atom. The van der Waals surface area contributed by atoms with E-state index in [0.29, 0.717) is 9.13 Å². The Morgan fingerprint density at radius 1 is 1.41 bits per heavy atom. The van der Waals surface area contributed by atoms with Crippen LogP contribution in [0.2, 0.25) is 0 Å².